The largest absolute Gasteiger partial charge is 0.394 e. The van der Waals surface area contributed by atoms with Crippen molar-refractivity contribution in [1.82, 2.24) is 5.32 Å². The van der Waals surface area contributed by atoms with Crippen molar-refractivity contribution in [3.05, 3.63) is 0 Å². The molecule has 0 aliphatic rings. The molecule has 3 N–H and O–H groups in total. The van der Waals surface area contributed by atoms with Crippen LogP contribution in [0.25, 0.3) is 0 Å². The number of nitrogens with one attached hydrogen (secondary N) is 1. The minimum Gasteiger partial charge on any atom is -0.394 e. The summed E-state index contributed by atoms with van der Waals surface area (Å²) in [5, 5.41) is 19.4. The average molecular weight is 149 g/mol. The molecule has 0 radical (unpaired) electrons. The summed E-state index contributed by atoms with van der Waals surface area (Å²) in [7, 11) is 0. The van der Waals surface area contributed by atoms with Crippen molar-refractivity contribution in [3.63, 3.8) is 0 Å². The van der Waals surface area contributed by atoms with E-state index in [1.54, 1.807) is 0 Å². The highest BCUT2D eigenvalue weighted by atomic mass is 16.5. The van der Waals surface area contributed by atoms with E-state index in [-0.39, 0.29) is 19.4 Å². The second-order valence-electron chi connectivity index (χ2n) is 2.02. The molecule has 0 rings (SSSR count). The van der Waals surface area contributed by atoms with E-state index in [2.05, 4.69) is 5.32 Å². The second-order valence-corrected chi connectivity index (χ2v) is 2.02. The van der Waals surface area contributed by atoms with Crippen LogP contribution < -0.4 is 5.32 Å². The van der Waals surface area contributed by atoms with Crippen LogP contribution in [0.2, 0.25) is 0 Å². The summed E-state index contributed by atoms with van der Waals surface area (Å²) < 4.78 is 5.07. The Labute approximate surface area is 60.8 Å². The van der Waals surface area contributed by atoms with Crippen LogP contribution in [-0.4, -0.2) is 42.8 Å². The Balaban J connectivity index is 3.00. The predicted molar refractivity (Wildman–Crippen MR) is 37.6 cm³/mol. The molecule has 0 saturated carbocycles. The van der Waals surface area contributed by atoms with Crippen molar-refractivity contribution in [1.29, 1.82) is 0 Å². The number of hydrogen-bond donors (Lipinski definition) is 3. The zero-order valence-electron chi connectivity index (χ0n) is 6.21. The maximum Gasteiger partial charge on any atom is 0.0932 e. The van der Waals surface area contributed by atoms with Gasteiger partial charge in [0.15, 0.2) is 0 Å². The Hall–Kier alpha value is -0.160. The number of rotatable bonds is 6. The summed E-state index contributed by atoms with van der Waals surface area (Å²) in [5.74, 6) is 0. The quantitative estimate of drug-likeness (QED) is 0.420. The summed E-state index contributed by atoms with van der Waals surface area (Å²) in [6, 6.07) is 0. The normalized spacial score (nSPS) is 13.5. The van der Waals surface area contributed by atoms with Crippen LogP contribution in [0.1, 0.15) is 6.92 Å². The molecule has 0 aliphatic carbocycles. The zero-order valence-corrected chi connectivity index (χ0v) is 6.21. The lowest BCUT2D eigenvalue weighted by molar-refractivity contribution is 0.0360. The third-order valence-corrected chi connectivity index (χ3v) is 1.04. The second kappa shape index (κ2) is 6.95. The fourth-order valence-corrected chi connectivity index (χ4v) is 0.581. The molecule has 4 nitrogen and oxygen atoms in total. The summed E-state index contributed by atoms with van der Waals surface area (Å²) in [4.78, 5) is 0. The van der Waals surface area contributed by atoms with Crippen LogP contribution in [0.3, 0.4) is 0 Å². The van der Waals surface area contributed by atoms with E-state index in [0.29, 0.717) is 13.2 Å². The molecule has 0 aromatic rings. The minimum absolute atomic E-state index is 0.0349. The van der Waals surface area contributed by atoms with Crippen molar-refractivity contribution in [3.8, 4) is 0 Å². The molecule has 0 bridgehead atoms. The van der Waals surface area contributed by atoms with Gasteiger partial charge in [0.1, 0.15) is 0 Å². The highest BCUT2D eigenvalue weighted by molar-refractivity contribution is 4.51. The molecule has 0 fully saturated rings. The molecule has 0 aliphatic heterocycles. The van der Waals surface area contributed by atoms with Gasteiger partial charge in [-0.1, -0.05) is 0 Å². The van der Waals surface area contributed by atoms with E-state index in [1.807, 2.05) is 6.92 Å². The Kier molecular flexibility index (Phi) is 6.84. The Morgan fingerprint density at radius 3 is 2.70 bits per heavy atom. The van der Waals surface area contributed by atoms with Crippen LogP contribution in [-0.2, 0) is 4.74 Å². The van der Waals surface area contributed by atoms with Gasteiger partial charge in [0, 0.05) is 6.54 Å². The molecule has 0 heterocycles. The maximum atomic E-state index is 8.35. The molecule has 10 heavy (non-hydrogen) atoms. The fraction of sp³-hybridized carbons (Fsp3) is 1.00. The van der Waals surface area contributed by atoms with Crippen LogP contribution >= 0.6 is 0 Å². The van der Waals surface area contributed by atoms with Gasteiger partial charge in [-0.05, 0) is 6.92 Å². The van der Waals surface area contributed by atoms with Gasteiger partial charge in [-0.15, -0.1) is 0 Å². The minimum atomic E-state index is -0.0349. The molecule has 0 aromatic carbocycles. The summed E-state index contributed by atoms with van der Waals surface area (Å²) in [6.45, 7) is 2.85. The first-order chi connectivity index (χ1) is 4.81. The van der Waals surface area contributed by atoms with Crippen molar-refractivity contribution < 1.29 is 14.9 Å². The predicted octanol–water partition coefficient (Wildman–Crippen LogP) is -1.08. The topological polar surface area (TPSA) is 61.7 Å². The van der Waals surface area contributed by atoms with E-state index < -0.39 is 0 Å². The molecular formula is C6H15NO3. The van der Waals surface area contributed by atoms with E-state index in [9.17, 15) is 0 Å². The Morgan fingerprint density at radius 2 is 2.20 bits per heavy atom. The standard InChI is InChI=1S/C6H15NO3/c1-6(4-7-5-9)10-3-2-8/h6-9H,2-5H2,1H3. The summed E-state index contributed by atoms with van der Waals surface area (Å²) in [6.07, 6.45) is 0.0410. The van der Waals surface area contributed by atoms with Crippen LogP contribution in [0.5, 0.6) is 0 Å². The van der Waals surface area contributed by atoms with Crippen molar-refractivity contribution in [2.75, 3.05) is 26.5 Å². The lowest BCUT2D eigenvalue weighted by atomic mass is 10.4. The molecule has 62 valence electrons. The van der Waals surface area contributed by atoms with Gasteiger partial charge in [-0.2, -0.15) is 0 Å². The van der Waals surface area contributed by atoms with Gasteiger partial charge in [-0.25, -0.2) is 0 Å². The van der Waals surface area contributed by atoms with Crippen molar-refractivity contribution in [2.24, 2.45) is 0 Å². The lowest BCUT2D eigenvalue weighted by Crippen LogP contribution is -2.28. The molecule has 0 aromatic heterocycles. The van der Waals surface area contributed by atoms with Crippen LogP contribution in [0, 0.1) is 0 Å². The maximum absolute atomic E-state index is 8.35. The van der Waals surface area contributed by atoms with Crippen LogP contribution in [0.4, 0.5) is 0 Å². The van der Waals surface area contributed by atoms with Gasteiger partial charge in [0.05, 0.1) is 26.0 Å². The van der Waals surface area contributed by atoms with Gasteiger partial charge in [0.2, 0.25) is 0 Å². The molecule has 1 unspecified atom stereocenters. The van der Waals surface area contributed by atoms with Gasteiger partial charge >= 0.3 is 0 Å². The third-order valence-electron chi connectivity index (χ3n) is 1.04. The Morgan fingerprint density at radius 1 is 1.50 bits per heavy atom. The molecule has 4 heteroatoms. The molecule has 0 spiro atoms. The first-order valence-electron chi connectivity index (χ1n) is 3.35. The van der Waals surface area contributed by atoms with Crippen LogP contribution in [0.15, 0.2) is 0 Å². The molecule has 0 saturated heterocycles. The third kappa shape index (κ3) is 5.97. The zero-order chi connectivity index (χ0) is 7.82. The van der Waals surface area contributed by atoms with E-state index in [0.717, 1.165) is 0 Å². The monoisotopic (exact) mass is 149 g/mol. The molecule has 0 amide bonds. The SMILES string of the molecule is CC(CNCO)OCCO. The van der Waals surface area contributed by atoms with E-state index in [1.165, 1.54) is 0 Å². The number of aliphatic hydroxyl groups is 2. The average Bonchev–Trinajstić information content (AvgIpc) is 1.97. The van der Waals surface area contributed by atoms with Gasteiger partial charge < -0.3 is 14.9 Å². The number of ether oxygens (including phenoxy) is 1. The first-order valence-corrected chi connectivity index (χ1v) is 3.35. The first kappa shape index (κ1) is 9.84. The highest BCUT2D eigenvalue weighted by Crippen LogP contribution is 1.86. The van der Waals surface area contributed by atoms with Gasteiger partial charge in [-0.3, -0.25) is 5.32 Å². The Bertz CT molecular complexity index is 62.0. The van der Waals surface area contributed by atoms with Crippen molar-refractivity contribution >= 4 is 0 Å². The van der Waals surface area contributed by atoms with E-state index >= 15 is 0 Å². The van der Waals surface area contributed by atoms with E-state index in [4.69, 9.17) is 14.9 Å². The molecule has 1 atom stereocenters. The van der Waals surface area contributed by atoms with Gasteiger partial charge in [0.25, 0.3) is 0 Å². The summed E-state index contributed by atoms with van der Waals surface area (Å²) >= 11 is 0. The molecular weight excluding hydrogens is 134 g/mol. The highest BCUT2D eigenvalue weighted by Gasteiger charge is 1.98. The lowest BCUT2D eigenvalue weighted by Gasteiger charge is -2.11. The smallest absolute Gasteiger partial charge is 0.0932 e. The number of hydrogen-bond acceptors (Lipinski definition) is 4. The van der Waals surface area contributed by atoms with Crippen molar-refractivity contribution in [2.45, 2.75) is 13.0 Å². The number of aliphatic hydroxyl groups excluding tert-OH is 2. The summed E-state index contributed by atoms with van der Waals surface area (Å²) in [5.41, 5.74) is 0. The fourth-order valence-electron chi connectivity index (χ4n) is 0.581.